The Kier molecular flexibility index (Phi) is 4.43. The van der Waals surface area contributed by atoms with Crippen LogP contribution in [0.5, 0.6) is 0 Å². The van der Waals surface area contributed by atoms with Gasteiger partial charge in [-0.15, -0.1) is 0 Å². The molecule has 0 aliphatic carbocycles. The number of furan rings is 1. The SMILES string of the molecule is CC(Cc1ccco1)NCC1CCOCC1. The predicted octanol–water partition coefficient (Wildman–Crippen LogP) is 2.23. The van der Waals surface area contributed by atoms with Crippen LogP contribution < -0.4 is 5.32 Å². The van der Waals surface area contributed by atoms with Crippen LogP contribution >= 0.6 is 0 Å². The van der Waals surface area contributed by atoms with Crippen LogP contribution in [0.15, 0.2) is 22.8 Å². The topological polar surface area (TPSA) is 34.4 Å². The van der Waals surface area contributed by atoms with E-state index in [1.165, 1.54) is 12.8 Å². The summed E-state index contributed by atoms with van der Waals surface area (Å²) in [6.45, 7) is 5.17. The Labute approximate surface area is 97.2 Å². The summed E-state index contributed by atoms with van der Waals surface area (Å²) >= 11 is 0. The molecule has 2 heterocycles. The van der Waals surface area contributed by atoms with Crippen LogP contribution in [-0.2, 0) is 11.2 Å². The van der Waals surface area contributed by atoms with Crippen molar-refractivity contribution in [2.24, 2.45) is 5.92 Å². The Balaban J connectivity index is 1.65. The van der Waals surface area contributed by atoms with E-state index in [1.807, 2.05) is 12.1 Å². The molecule has 1 aliphatic rings. The lowest BCUT2D eigenvalue weighted by atomic mass is 10.00. The van der Waals surface area contributed by atoms with Crippen molar-refractivity contribution < 1.29 is 9.15 Å². The van der Waals surface area contributed by atoms with Crippen LogP contribution in [-0.4, -0.2) is 25.8 Å². The van der Waals surface area contributed by atoms with Gasteiger partial charge in [0.2, 0.25) is 0 Å². The molecule has 1 N–H and O–H groups in total. The highest BCUT2D eigenvalue weighted by Crippen LogP contribution is 2.13. The molecular weight excluding hydrogens is 202 g/mol. The largest absolute Gasteiger partial charge is 0.469 e. The van der Waals surface area contributed by atoms with E-state index in [9.17, 15) is 0 Å². The first-order chi connectivity index (χ1) is 7.84. The second kappa shape index (κ2) is 6.06. The Hall–Kier alpha value is -0.800. The molecule has 1 unspecified atom stereocenters. The second-order valence-corrected chi connectivity index (χ2v) is 4.65. The molecule has 1 aromatic heterocycles. The molecule has 1 aromatic rings. The minimum Gasteiger partial charge on any atom is -0.469 e. The van der Waals surface area contributed by atoms with Crippen molar-refractivity contribution in [1.82, 2.24) is 5.32 Å². The number of hydrogen-bond acceptors (Lipinski definition) is 3. The highest BCUT2D eigenvalue weighted by Gasteiger charge is 2.14. The van der Waals surface area contributed by atoms with Gasteiger partial charge in [0.1, 0.15) is 5.76 Å². The number of hydrogen-bond donors (Lipinski definition) is 1. The van der Waals surface area contributed by atoms with Crippen LogP contribution in [0, 0.1) is 5.92 Å². The van der Waals surface area contributed by atoms with Gasteiger partial charge < -0.3 is 14.5 Å². The molecule has 90 valence electrons. The standard InChI is InChI=1S/C13H21NO2/c1-11(9-13-3-2-6-16-13)14-10-12-4-7-15-8-5-12/h2-3,6,11-12,14H,4-5,7-10H2,1H3. The molecular formula is C13H21NO2. The molecule has 0 radical (unpaired) electrons. The molecule has 2 rings (SSSR count). The normalized spacial score (nSPS) is 19.8. The highest BCUT2D eigenvalue weighted by molar-refractivity contribution is 4.99. The third-order valence-corrected chi connectivity index (χ3v) is 3.18. The molecule has 0 bridgehead atoms. The molecule has 1 fully saturated rings. The van der Waals surface area contributed by atoms with Gasteiger partial charge in [0.25, 0.3) is 0 Å². The third-order valence-electron chi connectivity index (χ3n) is 3.18. The summed E-state index contributed by atoms with van der Waals surface area (Å²) in [5.41, 5.74) is 0. The van der Waals surface area contributed by atoms with E-state index in [4.69, 9.17) is 9.15 Å². The summed E-state index contributed by atoms with van der Waals surface area (Å²) in [6, 6.07) is 4.46. The Morgan fingerprint density at radius 3 is 2.94 bits per heavy atom. The molecule has 1 atom stereocenters. The van der Waals surface area contributed by atoms with Gasteiger partial charge in [0, 0.05) is 25.7 Å². The molecule has 3 nitrogen and oxygen atoms in total. The first-order valence-corrected chi connectivity index (χ1v) is 6.18. The van der Waals surface area contributed by atoms with Crippen molar-refractivity contribution in [2.45, 2.75) is 32.2 Å². The minimum absolute atomic E-state index is 0.481. The van der Waals surface area contributed by atoms with Crippen molar-refractivity contribution in [1.29, 1.82) is 0 Å². The molecule has 0 amide bonds. The second-order valence-electron chi connectivity index (χ2n) is 4.65. The number of rotatable bonds is 5. The minimum atomic E-state index is 0.481. The van der Waals surface area contributed by atoms with E-state index >= 15 is 0 Å². The fourth-order valence-electron chi connectivity index (χ4n) is 2.12. The van der Waals surface area contributed by atoms with Crippen molar-refractivity contribution >= 4 is 0 Å². The smallest absolute Gasteiger partial charge is 0.105 e. The number of ether oxygens (including phenoxy) is 1. The Morgan fingerprint density at radius 2 is 2.25 bits per heavy atom. The van der Waals surface area contributed by atoms with E-state index in [2.05, 4.69) is 12.2 Å². The fraction of sp³-hybridized carbons (Fsp3) is 0.692. The average Bonchev–Trinajstić information content (AvgIpc) is 2.81. The monoisotopic (exact) mass is 223 g/mol. The maximum absolute atomic E-state index is 5.35. The summed E-state index contributed by atoms with van der Waals surface area (Å²) in [5.74, 6) is 1.85. The summed E-state index contributed by atoms with van der Waals surface area (Å²) in [5, 5.41) is 3.58. The van der Waals surface area contributed by atoms with E-state index in [0.29, 0.717) is 6.04 Å². The maximum atomic E-state index is 5.35. The molecule has 3 heteroatoms. The highest BCUT2D eigenvalue weighted by atomic mass is 16.5. The molecule has 0 spiro atoms. The lowest BCUT2D eigenvalue weighted by Crippen LogP contribution is -2.34. The van der Waals surface area contributed by atoms with Crippen molar-refractivity contribution in [3.63, 3.8) is 0 Å². The van der Waals surface area contributed by atoms with Crippen molar-refractivity contribution in [2.75, 3.05) is 19.8 Å². The molecule has 16 heavy (non-hydrogen) atoms. The summed E-state index contributed by atoms with van der Waals surface area (Å²) in [4.78, 5) is 0. The van der Waals surface area contributed by atoms with Crippen molar-refractivity contribution in [3.05, 3.63) is 24.2 Å². The van der Waals surface area contributed by atoms with Crippen LogP contribution in [0.4, 0.5) is 0 Å². The van der Waals surface area contributed by atoms with Crippen LogP contribution in [0.1, 0.15) is 25.5 Å². The van der Waals surface area contributed by atoms with E-state index in [1.54, 1.807) is 6.26 Å². The van der Waals surface area contributed by atoms with Gasteiger partial charge in [-0.2, -0.15) is 0 Å². The first-order valence-electron chi connectivity index (χ1n) is 6.18. The summed E-state index contributed by atoms with van der Waals surface area (Å²) in [6.07, 6.45) is 5.09. The van der Waals surface area contributed by atoms with Gasteiger partial charge in [-0.3, -0.25) is 0 Å². The fourth-order valence-corrected chi connectivity index (χ4v) is 2.12. The lowest BCUT2D eigenvalue weighted by Gasteiger charge is -2.24. The molecule has 1 saturated heterocycles. The zero-order chi connectivity index (χ0) is 11.2. The van der Waals surface area contributed by atoms with Crippen LogP contribution in [0.25, 0.3) is 0 Å². The zero-order valence-electron chi connectivity index (χ0n) is 9.95. The van der Waals surface area contributed by atoms with Crippen molar-refractivity contribution in [3.8, 4) is 0 Å². The first kappa shape index (κ1) is 11.7. The van der Waals surface area contributed by atoms with Gasteiger partial charge in [0.05, 0.1) is 6.26 Å². The Bertz CT molecular complexity index is 278. The lowest BCUT2D eigenvalue weighted by molar-refractivity contribution is 0.0655. The van der Waals surface area contributed by atoms with E-state index in [-0.39, 0.29) is 0 Å². The van der Waals surface area contributed by atoms with Gasteiger partial charge in [-0.1, -0.05) is 0 Å². The molecule has 0 aromatic carbocycles. The van der Waals surface area contributed by atoms with E-state index in [0.717, 1.165) is 37.9 Å². The van der Waals surface area contributed by atoms with Gasteiger partial charge in [0.15, 0.2) is 0 Å². The zero-order valence-corrected chi connectivity index (χ0v) is 9.95. The summed E-state index contributed by atoms with van der Waals surface area (Å²) < 4.78 is 10.7. The van der Waals surface area contributed by atoms with E-state index < -0.39 is 0 Å². The molecule has 0 saturated carbocycles. The van der Waals surface area contributed by atoms with Crippen LogP contribution in [0.2, 0.25) is 0 Å². The Morgan fingerprint density at radius 1 is 1.44 bits per heavy atom. The van der Waals surface area contributed by atoms with Crippen LogP contribution in [0.3, 0.4) is 0 Å². The quantitative estimate of drug-likeness (QED) is 0.831. The third kappa shape index (κ3) is 3.65. The number of nitrogens with one attached hydrogen (secondary N) is 1. The van der Waals surface area contributed by atoms with Gasteiger partial charge in [-0.05, 0) is 44.4 Å². The summed E-state index contributed by atoms with van der Waals surface area (Å²) in [7, 11) is 0. The van der Waals surface area contributed by atoms with Gasteiger partial charge in [-0.25, -0.2) is 0 Å². The maximum Gasteiger partial charge on any atom is 0.105 e. The van der Waals surface area contributed by atoms with Gasteiger partial charge >= 0.3 is 0 Å². The average molecular weight is 223 g/mol. The molecule has 1 aliphatic heterocycles. The predicted molar refractivity (Wildman–Crippen MR) is 63.4 cm³/mol.